The van der Waals surface area contributed by atoms with E-state index >= 15 is 0 Å². The molecule has 2 rings (SSSR count). The Balaban J connectivity index is 2.72. The lowest BCUT2D eigenvalue weighted by molar-refractivity contribution is 0.589. The average Bonchev–Trinajstić information content (AvgIpc) is 2.23. The quantitative estimate of drug-likeness (QED) is 0.737. The fourth-order valence-corrected chi connectivity index (χ4v) is 1.50. The van der Waals surface area contributed by atoms with Gasteiger partial charge in [-0.05, 0) is 30.3 Å². The van der Waals surface area contributed by atoms with Crippen molar-refractivity contribution in [2.24, 2.45) is 0 Å². The van der Waals surface area contributed by atoms with Crippen LogP contribution in [0.1, 0.15) is 0 Å². The summed E-state index contributed by atoms with van der Waals surface area (Å²) in [6, 6.07) is 6.86. The molecule has 0 heterocycles. The van der Waals surface area contributed by atoms with Crippen molar-refractivity contribution in [2.75, 3.05) is 5.73 Å². The average molecular weight is 223 g/mol. The predicted molar refractivity (Wildman–Crippen MR) is 56.2 cm³/mol. The molecule has 4 heteroatoms. The fourth-order valence-electron chi connectivity index (χ4n) is 1.50. The van der Waals surface area contributed by atoms with Gasteiger partial charge in [-0.1, -0.05) is 6.07 Å². The van der Waals surface area contributed by atoms with E-state index in [9.17, 15) is 13.2 Å². The van der Waals surface area contributed by atoms with E-state index in [0.717, 1.165) is 24.3 Å². The smallest absolute Gasteiger partial charge is 0.134 e. The minimum absolute atomic E-state index is 0.0237. The summed E-state index contributed by atoms with van der Waals surface area (Å²) in [5.74, 6) is -2.12. The summed E-state index contributed by atoms with van der Waals surface area (Å²) in [6.45, 7) is 0. The van der Waals surface area contributed by atoms with Crippen LogP contribution >= 0.6 is 0 Å². The minimum Gasteiger partial charge on any atom is -0.398 e. The number of hydrogen-bond acceptors (Lipinski definition) is 1. The Bertz CT molecular complexity index is 518. The molecule has 16 heavy (non-hydrogen) atoms. The third kappa shape index (κ3) is 1.74. The third-order valence-electron chi connectivity index (χ3n) is 2.25. The molecule has 0 bridgehead atoms. The van der Waals surface area contributed by atoms with Crippen molar-refractivity contribution in [3.8, 4) is 11.1 Å². The maximum Gasteiger partial charge on any atom is 0.134 e. The van der Waals surface area contributed by atoms with Gasteiger partial charge >= 0.3 is 0 Å². The molecule has 0 fully saturated rings. The molecule has 0 aliphatic carbocycles. The molecule has 0 aromatic heterocycles. The summed E-state index contributed by atoms with van der Waals surface area (Å²) in [6.07, 6.45) is 0. The molecule has 0 spiro atoms. The molecule has 0 radical (unpaired) electrons. The van der Waals surface area contributed by atoms with Gasteiger partial charge in [0.2, 0.25) is 0 Å². The van der Waals surface area contributed by atoms with Gasteiger partial charge in [0.1, 0.15) is 17.5 Å². The largest absolute Gasteiger partial charge is 0.398 e. The Morgan fingerprint density at radius 3 is 2.12 bits per heavy atom. The summed E-state index contributed by atoms with van der Waals surface area (Å²) < 4.78 is 39.9. The highest BCUT2D eigenvalue weighted by atomic mass is 19.1. The summed E-state index contributed by atoms with van der Waals surface area (Å²) in [5.41, 5.74) is 5.41. The van der Waals surface area contributed by atoms with Gasteiger partial charge in [-0.2, -0.15) is 0 Å². The number of nitrogens with two attached hydrogens (primary N) is 1. The number of rotatable bonds is 1. The molecule has 2 aromatic carbocycles. The van der Waals surface area contributed by atoms with Crippen molar-refractivity contribution in [2.45, 2.75) is 0 Å². The molecule has 2 aromatic rings. The molecular formula is C12H8F3N. The Morgan fingerprint density at radius 1 is 0.875 bits per heavy atom. The lowest BCUT2D eigenvalue weighted by atomic mass is 10.0. The first-order valence-electron chi connectivity index (χ1n) is 4.59. The van der Waals surface area contributed by atoms with Crippen LogP contribution in [0.5, 0.6) is 0 Å². The third-order valence-corrected chi connectivity index (χ3v) is 2.25. The maximum absolute atomic E-state index is 13.4. The SMILES string of the molecule is Nc1ccc(F)cc1-c1c(F)cccc1F. The predicted octanol–water partition coefficient (Wildman–Crippen LogP) is 3.35. The molecule has 0 atom stereocenters. The van der Waals surface area contributed by atoms with E-state index in [1.807, 2.05) is 0 Å². The van der Waals surface area contributed by atoms with Crippen LogP contribution in [0.2, 0.25) is 0 Å². The maximum atomic E-state index is 13.4. The number of anilines is 1. The molecule has 1 nitrogen and oxygen atoms in total. The van der Waals surface area contributed by atoms with E-state index in [4.69, 9.17) is 5.73 Å². The van der Waals surface area contributed by atoms with Crippen LogP contribution in [0.3, 0.4) is 0 Å². The van der Waals surface area contributed by atoms with Crippen molar-refractivity contribution in [1.29, 1.82) is 0 Å². The molecular weight excluding hydrogens is 215 g/mol. The molecule has 82 valence electrons. The van der Waals surface area contributed by atoms with E-state index in [0.29, 0.717) is 0 Å². The molecule has 0 saturated heterocycles. The Morgan fingerprint density at radius 2 is 1.50 bits per heavy atom. The Kier molecular flexibility index (Phi) is 2.56. The second kappa shape index (κ2) is 3.89. The van der Waals surface area contributed by atoms with Gasteiger partial charge in [0.25, 0.3) is 0 Å². The fraction of sp³-hybridized carbons (Fsp3) is 0. The monoisotopic (exact) mass is 223 g/mol. The first-order chi connectivity index (χ1) is 7.59. The zero-order valence-electron chi connectivity index (χ0n) is 8.18. The molecule has 0 unspecified atom stereocenters. The van der Waals surface area contributed by atoms with Crippen molar-refractivity contribution >= 4 is 5.69 Å². The summed E-state index contributed by atoms with van der Waals surface area (Å²) in [5, 5.41) is 0. The van der Waals surface area contributed by atoms with Crippen LogP contribution in [0.4, 0.5) is 18.9 Å². The number of nitrogen functional groups attached to an aromatic ring is 1. The molecule has 2 N–H and O–H groups in total. The van der Waals surface area contributed by atoms with Gasteiger partial charge in [0.15, 0.2) is 0 Å². The number of benzene rings is 2. The van der Waals surface area contributed by atoms with Gasteiger partial charge < -0.3 is 5.73 Å². The molecule has 0 aliphatic rings. The normalized spacial score (nSPS) is 10.4. The lowest BCUT2D eigenvalue weighted by Crippen LogP contribution is -1.96. The summed E-state index contributed by atoms with van der Waals surface area (Å²) >= 11 is 0. The highest BCUT2D eigenvalue weighted by molar-refractivity contribution is 5.77. The van der Waals surface area contributed by atoms with Crippen molar-refractivity contribution in [3.05, 3.63) is 53.8 Å². The minimum atomic E-state index is -0.766. The van der Waals surface area contributed by atoms with Crippen LogP contribution < -0.4 is 5.73 Å². The lowest BCUT2D eigenvalue weighted by Gasteiger charge is -2.08. The second-order valence-corrected chi connectivity index (χ2v) is 3.33. The van der Waals surface area contributed by atoms with Crippen LogP contribution in [0.15, 0.2) is 36.4 Å². The first kappa shape index (κ1) is 10.5. The molecule has 0 amide bonds. The standard InChI is InChI=1S/C12H8F3N/c13-7-4-5-11(16)8(6-7)12-9(14)2-1-3-10(12)15/h1-6H,16H2. The van der Waals surface area contributed by atoms with E-state index < -0.39 is 17.5 Å². The van der Waals surface area contributed by atoms with Gasteiger partial charge in [0.05, 0.1) is 5.56 Å². The van der Waals surface area contributed by atoms with Crippen LogP contribution in [-0.2, 0) is 0 Å². The summed E-state index contributed by atoms with van der Waals surface area (Å²) in [7, 11) is 0. The number of hydrogen-bond donors (Lipinski definition) is 1. The van der Waals surface area contributed by atoms with Gasteiger partial charge in [0, 0.05) is 11.3 Å². The molecule has 0 aliphatic heterocycles. The van der Waals surface area contributed by atoms with Crippen LogP contribution in [-0.4, -0.2) is 0 Å². The van der Waals surface area contributed by atoms with Crippen LogP contribution in [0.25, 0.3) is 11.1 Å². The highest BCUT2D eigenvalue weighted by Crippen LogP contribution is 2.30. The van der Waals surface area contributed by atoms with Gasteiger partial charge in [-0.3, -0.25) is 0 Å². The van der Waals surface area contributed by atoms with Crippen molar-refractivity contribution in [1.82, 2.24) is 0 Å². The van der Waals surface area contributed by atoms with Crippen molar-refractivity contribution in [3.63, 3.8) is 0 Å². The van der Waals surface area contributed by atoms with Crippen molar-refractivity contribution < 1.29 is 13.2 Å². The second-order valence-electron chi connectivity index (χ2n) is 3.33. The van der Waals surface area contributed by atoms with E-state index in [-0.39, 0.29) is 16.8 Å². The topological polar surface area (TPSA) is 26.0 Å². The Labute approximate surface area is 90.3 Å². The van der Waals surface area contributed by atoms with Gasteiger partial charge in [-0.25, -0.2) is 13.2 Å². The van der Waals surface area contributed by atoms with Crippen LogP contribution in [0, 0.1) is 17.5 Å². The number of halogens is 3. The van der Waals surface area contributed by atoms with E-state index in [2.05, 4.69) is 0 Å². The molecule has 0 saturated carbocycles. The summed E-state index contributed by atoms with van der Waals surface area (Å²) in [4.78, 5) is 0. The van der Waals surface area contributed by atoms with Gasteiger partial charge in [-0.15, -0.1) is 0 Å². The van der Waals surface area contributed by atoms with E-state index in [1.54, 1.807) is 0 Å². The van der Waals surface area contributed by atoms with E-state index in [1.165, 1.54) is 12.1 Å². The highest BCUT2D eigenvalue weighted by Gasteiger charge is 2.13. The zero-order chi connectivity index (χ0) is 11.7. The Hall–Kier alpha value is -1.97. The zero-order valence-corrected chi connectivity index (χ0v) is 8.18. The first-order valence-corrected chi connectivity index (χ1v) is 4.59.